The summed E-state index contributed by atoms with van der Waals surface area (Å²) in [5.74, 6) is 0.391. The van der Waals surface area contributed by atoms with Crippen LogP contribution in [0.1, 0.15) is 38.2 Å². The maximum atomic E-state index is 11.5. The van der Waals surface area contributed by atoms with Crippen LogP contribution in [0.4, 0.5) is 0 Å². The molecule has 0 heterocycles. The van der Waals surface area contributed by atoms with E-state index < -0.39 is 6.10 Å². The molecular weight excluding hydrogens is 214 g/mol. The normalized spacial score (nSPS) is 14.1. The lowest BCUT2D eigenvalue weighted by molar-refractivity contribution is -0.121. The molecule has 0 saturated carbocycles. The molecule has 94 valence electrons. The highest BCUT2D eigenvalue weighted by molar-refractivity contribution is 5.75. The van der Waals surface area contributed by atoms with E-state index in [2.05, 4.69) is 24.4 Å². The van der Waals surface area contributed by atoms with Crippen molar-refractivity contribution in [1.29, 1.82) is 0 Å². The Balaban J connectivity index is 2.29. The van der Waals surface area contributed by atoms with Crippen molar-refractivity contribution in [3.8, 4) is 0 Å². The molecule has 1 amide bonds. The summed E-state index contributed by atoms with van der Waals surface area (Å²) in [5.41, 5.74) is 1.26. The lowest BCUT2D eigenvalue weighted by Crippen LogP contribution is -2.30. The minimum absolute atomic E-state index is 0.00804. The molecule has 3 nitrogen and oxygen atoms in total. The van der Waals surface area contributed by atoms with E-state index in [1.54, 1.807) is 6.92 Å². The van der Waals surface area contributed by atoms with Gasteiger partial charge >= 0.3 is 0 Å². The monoisotopic (exact) mass is 235 g/mol. The fourth-order valence-electron chi connectivity index (χ4n) is 1.65. The molecule has 1 aromatic carbocycles. The summed E-state index contributed by atoms with van der Waals surface area (Å²) >= 11 is 0. The minimum Gasteiger partial charge on any atom is -0.392 e. The first-order valence-electron chi connectivity index (χ1n) is 6.09. The number of rotatable bonds is 6. The fourth-order valence-corrected chi connectivity index (χ4v) is 1.65. The molecule has 0 saturated heterocycles. The molecule has 2 atom stereocenters. The Morgan fingerprint density at radius 2 is 1.94 bits per heavy atom. The summed E-state index contributed by atoms with van der Waals surface area (Å²) < 4.78 is 0. The molecule has 17 heavy (non-hydrogen) atoms. The number of hydrogen-bond donors (Lipinski definition) is 2. The molecule has 1 aromatic rings. The number of carbonyl (C=O) groups is 1. The van der Waals surface area contributed by atoms with E-state index >= 15 is 0 Å². The van der Waals surface area contributed by atoms with Gasteiger partial charge < -0.3 is 10.4 Å². The summed E-state index contributed by atoms with van der Waals surface area (Å²) in [6.07, 6.45) is 0.851. The molecule has 0 bridgehead atoms. The van der Waals surface area contributed by atoms with Gasteiger partial charge in [0.15, 0.2) is 0 Å². The van der Waals surface area contributed by atoms with Gasteiger partial charge in [-0.05, 0) is 24.8 Å². The molecule has 2 unspecified atom stereocenters. The molecule has 0 spiro atoms. The maximum Gasteiger partial charge on any atom is 0.220 e. The molecule has 0 aliphatic heterocycles. The first-order chi connectivity index (χ1) is 8.09. The van der Waals surface area contributed by atoms with Crippen molar-refractivity contribution < 1.29 is 9.90 Å². The predicted octanol–water partition coefficient (Wildman–Crippen LogP) is 2.07. The second kappa shape index (κ2) is 7.07. The molecule has 0 aromatic heterocycles. The largest absolute Gasteiger partial charge is 0.392 e. The number of amides is 1. The van der Waals surface area contributed by atoms with Crippen LogP contribution in [0.25, 0.3) is 0 Å². The van der Waals surface area contributed by atoms with Crippen LogP contribution in [0.5, 0.6) is 0 Å². The highest BCUT2D eigenvalue weighted by atomic mass is 16.3. The van der Waals surface area contributed by atoms with Crippen LogP contribution in [0.2, 0.25) is 0 Å². The Morgan fingerprint density at radius 1 is 1.29 bits per heavy atom. The summed E-state index contributed by atoms with van der Waals surface area (Å²) in [7, 11) is 0. The van der Waals surface area contributed by atoms with Gasteiger partial charge in [0.05, 0.1) is 6.10 Å². The molecule has 0 fully saturated rings. The Hall–Kier alpha value is -1.35. The number of carbonyl (C=O) groups excluding carboxylic acids is 1. The first kappa shape index (κ1) is 13.7. The molecule has 0 radical (unpaired) electrons. The standard InChI is InChI=1S/C14H21NO2/c1-11(13-6-4-3-5-7-13)8-9-14(17)15-10-12(2)16/h3-7,11-12,16H,8-10H2,1-2H3,(H,15,17). The van der Waals surface area contributed by atoms with Crippen molar-refractivity contribution in [2.24, 2.45) is 0 Å². The summed E-state index contributed by atoms with van der Waals surface area (Å²) in [4.78, 5) is 11.5. The van der Waals surface area contributed by atoms with Gasteiger partial charge in [0.25, 0.3) is 0 Å². The van der Waals surface area contributed by atoms with Gasteiger partial charge in [0.2, 0.25) is 5.91 Å². The molecule has 2 N–H and O–H groups in total. The smallest absolute Gasteiger partial charge is 0.220 e. The highest BCUT2D eigenvalue weighted by Crippen LogP contribution is 2.19. The Morgan fingerprint density at radius 3 is 2.53 bits per heavy atom. The second-order valence-corrected chi connectivity index (χ2v) is 4.50. The van der Waals surface area contributed by atoms with Gasteiger partial charge in [-0.15, -0.1) is 0 Å². The highest BCUT2D eigenvalue weighted by Gasteiger charge is 2.08. The zero-order valence-corrected chi connectivity index (χ0v) is 10.5. The average molecular weight is 235 g/mol. The zero-order valence-electron chi connectivity index (χ0n) is 10.5. The van der Waals surface area contributed by atoms with E-state index in [1.807, 2.05) is 18.2 Å². The Labute approximate surface area is 103 Å². The van der Waals surface area contributed by atoms with Crippen LogP contribution in [0, 0.1) is 0 Å². The molecule has 0 aliphatic rings. The number of benzene rings is 1. The number of nitrogens with one attached hydrogen (secondary N) is 1. The molecule has 0 aliphatic carbocycles. The van der Waals surface area contributed by atoms with Crippen LogP contribution in [-0.2, 0) is 4.79 Å². The Bertz CT molecular complexity index is 335. The second-order valence-electron chi connectivity index (χ2n) is 4.50. The molecule has 3 heteroatoms. The van der Waals surface area contributed by atoms with E-state index in [4.69, 9.17) is 5.11 Å². The fraction of sp³-hybridized carbons (Fsp3) is 0.500. The van der Waals surface area contributed by atoms with Gasteiger partial charge in [-0.2, -0.15) is 0 Å². The van der Waals surface area contributed by atoms with Crippen LogP contribution in [0.15, 0.2) is 30.3 Å². The quantitative estimate of drug-likeness (QED) is 0.793. The average Bonchev–Trinajstić information content (AvgIpc) is 2.34. The van der Waals surface area contributed by atoms with Crippen LogP contribution in [0.3, 0.4) is 0 Å². The number of hydrogen-bond acceptors (Lipinski definition) is 2. The van der Waals surface area contributed by atoms with Crippen LogP contribution in [-0.4, -0.2) is 23.7 Å². The third kappa shape index (κ3) is 5.50. The van der Waals surface area contributed by atoms with Gasteiger partial charge in [0.1, 0.15) is 0 Å². The first-order valence-corrected chi connectivity index (χ1v) is 6.09. The lowest BCUT2D eigenvalue weighted by atomic mass is 9.96. The van der Waals surface area contributed by atoms with Crippen molar-refractivity contribution >= 4 is 5.91 Å². The van der Waals surface area contributed by atoms with E-state index in [9.17, 15) is 4.79 Å². The minimum atomic E-state index is -0.481. The van der Waals surface area contributed by atoms with Gasteiger partial charge in [-0.25, -0.2) is 0 Å². The van der Waals surface area contributed by atoms with Crippen molar-refractivity contribution in [3.63, 3.8) is 0 Å². The van der Waals surface area contributed by atoms with Crippen molar-refractivity contribution in [3.05, 3.63) is 35.9 Å². The van der Waals surface area contributed by atoms with Gasteiger partial charge in [0, 0.05) is 13.0 Å². The lowest BCUT2D eigenvalue weighted by Gasteiger charge is -2.12. The Kier molecular flexibility index (Phi) is 5.70. The molecule has 1 rings (SSSR count). The van der Waals surface area contributed by atoms with Crippen LogP contribution < -0.4 is 5.32 Å². The summed E-state index contributed by atoms with van der Waals surface area (Å²) in [5, 5.41) is 11.7. The van der Waals surface area contributed by atoms with E-state index in [-0.39, 0.29) is 5.91 Å². The van der Waals surface area contributed by atoms with Crippen molar-refractivity contribution in [1.82, 2.24) is 5.32 Å². The van der Waals surface area contributed by atoms with Gasteiger partial charge in [-0.1, -0.05) is 37.3 Å². The summed E-state index contributed by atoms with van der Waals surface area (Å²) in [6.45, 7) is 4.11. The third-order valence-electron chi connectivity index (χ3n) is 2.77. The number of aliphatic hydroxyl groups is 1. The SMILES string of the molecule is CC(O)CNC(=O)CCC(C)c1ccccc1. The van der Waals surface area contributed by atoms with E-state index in [1.165, 1.54) is 5.56 Å². The number of aliphatic hydroxyl groups excluding tert-OH is 1. The zero-order chi connectivity index (χ0) is 12.7. The van der Waals surface area contributed by atoms with E-state index in [0.29, 0.717) is 18.9 Å². The van der Waals surface area contributed by atoms with Crippen molar-refractivity contribution in [2.75, 3.05) is 6.54 Å². The summed E-state index contributed by atoms with van der Waals surface area (Å²) in [6, 6.07) is 10.2. The maximum absolute atomic E-state index is 11.5. The topological polar surface area (TPSA) is 49.3 Å². The van der Waals surface area contributed by atoms with Gasteiger partial charge in [-0.3, -0.25) is 4.79 Å². The van der Waals surface area contributed by atoms with Crippen molar-refractivity contribution in [2.45, 2.75) is 38.7 Å². The predicted molar refractivity (Wildman–Crippen MR) is 68.8 cm³/mol. The van der Waals surface area contributed by atoms with E-state index in [0.717, 1.165) is 6.42 Å². The molecular formula is C14H21NO2. The third-order valence-corrected chi connectivity index (χ3v) is 2.77. The van der Waals surface area contributed by atoms with Crippen LogP contribution >= 0.6 is 0 Å².